The van der Waals surface area contributed by atoms with E-state index in [2.05, 4.69) is 93.1 Å². The first-order chi connectivity index (χ1) is 13.5. The van der Waals surface area contributed by atoms with Crippen LogP contribution in [0.3, 0.4) is 0 Å². The normalized spacial score (nSPS) is 15.8. The first-order valence-corrected chi connectivity index (χ1v) is 10.3. The molecule has 1 heteroatoms. The van der Waals surface area contributed by atoms with Crippen molar-refractivity contribution in [2.75, 3.05) is 0 Å². The highest BCUT2D eigenvalue weighted by molar-refractivity contribution is 6.12. The van der Waals surface area contributed by atoms with E-state index in [1.807, 2.05) is 0 Å². The minimum atomic E-state index is 0.367. The molecule has 2 heterocycles. The van der Waals surface area contributed by atoms with Gasteiger partial charge in [0.25, 0.3) is 0 Å². The van der Waals surface area contributed by atoms with Crippen molar-refractivity contribution < 1.29 is 4.57 Å². The lowest BCUT2D eigenvalue weighted by molar-refractivity contribution is -0.693. The SMILES string of the molecule is Cc1ccc2c(c1)-c1cc(C(C)C)cc3c1-c1c4c-2cccc4cc[n+]1[C@@H]3C. The fraction of sp³-hybridized carbons (Fsp3) is 0.222. The van der Waals surface area contributed by atoms with E-state index in [1.165, 1.54) is 61.0 Å². The van der Waals surface area contributed by atoms with Crippen molar-refractivity contribution in [3.05, 3.63) is 77.5 Å². The summed E-state index contributed by atoms with van der Waals surface area (Å²) in [4.78, 5) is 0. The molecule has 0 saturated carbocycles. The van der Waals surface area contributed by atoms with Crippen molar-refractivity contribution in [3.8, 4) is 33.5 Å². The third kappa shape index (κ3) is 1.89. The Morgan fingerprint density at radius 2 is 1.71 bits per heavy atom. The molecule has 4 aromatic rings. The lowest BCUT2D eigenvalue weighted by Gasteiger charge is -2.16. The van der Waals surface area contributed by atoms with Crippen LogP contribution in [0.25, 0.3) is 44.3 Å². The minimum Gasteiger partial charge on any atom is -0.191 e. The molecule has 0 fully saturated rings. The van der Waals surface area contributed by atoms with Gasteiger partial charge >= 0.3 is 0 Å². The van der Waals surface area contributed by atoms with E-state index in [0.717, 1.165) is 0 Å². The zero-order valence-corrected chi connectivity index (χ0v) is 16.9. The van der Waals surface area contributed by atoms with E-state index in [9.17, 15) is 0 Å². The number of hydrogen-bond acceptors (Lipinski definition) is 0. The monoisotopic (exact) mass is 362 g/mol. The number of aromatic nitrogens is 1. The summed E-state index contributed by atoms with van der Waals surface area (Å²) in [5.74, 6) is 0.515. The summed E-state index contributed by atoms with van der Waals surface area (Å²) in [6.07, 6.45) is 2.28. The summed E-state index contributed by atoms with van der Waals surface area (Å²) in [5.41, 5.74) is 12.6. The number of pyridine rings is 1. The van der Waals surface area contributed by atoms with E-state index < -0.39 is 0 Å². The summed E-state index contributed by atoms with van der Waals surface area (Å²) >= 11 is 0. The van der Waals surface area contributed by atoms with Gasteiger partial charge < -0.3 is 0 Å². The highest BCUT2D eigenvalue weighted by Gasteiger charge is 2.40. The molecule has 0 radical (unpaired) electrons. The Hall–Kier alpha value is -2.93. The molecule has 0 unspecified atom stereocenters. The molecule has 1 aliphatic carbocycles. The zero-order valence-electron chi connectivity index (χ0n) is 16.9. The lowest BCUT2D eigenvalue weighted by atomic mass is 9.87. The van der Waals surface area contributed by atoms with Gasteiger partial charge in [-0.15, -0.1) is 0 Å². The third-order valence-electron chi connectivity index (χ3n) is 6.72. The molecule has 0 N–H and O–H groups in total. The van der Waals surface area contributed by atoms with E-state index in [-0.39, 0.29) is 0 Å². The van der Waals surface area contributed by atoms with Crippen molar-refractivity contribution in [1.82, 2.24) is 0 Å². The third-order valence-corrected chi connectivity index (χ3v) is 6.72. The first-order valence-electron chi connectivity index (χ1n) is 10.3. The van der Waals surface area contributed by atoms with Crippen LogP contribution in [0, 0.1) is 6.92 Å². The summed E-state index contributed by atoms with van der Waals surface area (Å²) in [6, 6.07) is 21.3. The molecule has 1 nitrogen and oxygen atoms in total. The highest BCUT2D eigenvalue weighted by atomic mass is 15.0. The van der Waals surface area contributed by atoms with Gasteiger partial charge in [0.15, 0.2) is 12.2 Å². The lowest BCUT2D eigenvalue weighted by Crippen LogP contribution is -2.35. The topological polar surface area (TPSA) is 3.88 Å². The zero-order chi connectivity index (χ0) is 19.2. The molecule has 1 atom stereocenters. The minimum absolute atomic E-state index is 0.367. The van der Waals surface area contributed by atoms with Crippen LogP contribution < -0.4 is 4.57 Å². The molecule has 3 aromatic carbocycles. The number of hydrogen-bond donors (Lipinski definition) is 0. The van der Waals surface area contributed by atoms with E-state index in [1.54, 1.807) is 0 Å². The van der Waals surface area contributed by atoms with Gasteiger partial charge in [-0.3, -0.25) is 0 Å². The second-order valence-electron chi connectivity index (χ2n) is 8.75. The van der Waals surface area contributed by atoms with Gasteiger partial charge in [-0.05, 0) is 58.2 Å². The van der Waals surface area contributed by atoms with Crippen LogP contribution in [0.5, 0.6) is 0 Å². The molecule has 0 spiro atoms. The van der Waals surface area contributed by atoms with Crippen molar-refractivity contribution >= 4 is 10.8 Å². The van der Waals surface area contributed by atoms with Crippen LogP contribution in [0.1, 0.15) is 49.4 Å². The van der Waals surface area contributed by atoms with Gasteiger partial charge in [-0.25, -0.2) is 0 Å². The standard InChI is InChI=1S/C27H24N/c1-15(2)19-13-22-17(4)28-11-10-18-6-5-7-21-20-9-8-16(3)12-23(20)24(14-19)26(22)27(28)25(18)21/h5-15,17H,1-4H3/q+1/t17-/m1/s1. The van der Waals surface area contributed by atoms with E-state index in [0.29, 0.717) is 12.0 Å². The fourth-order valence-electron chi connectivity index (χ4n) is 5.23. The average molecular weight is 362 g/mol. The van der Waals surface area contributed by atoms with Gasteiger partial charge in [0.05, 0.1) is 10.9 Å². The average Bonchev–Trinajstić information content (AvgIpc) is 2.92. The smallest absolute Gasteiger partial charge is 0.191 e. The maximum absolute atomic E-state index is 2.49. The van der Waals surface area contributed by atoms with E-state index in [4.69, 9.17) is 0 Å². The van der Waals surface area contributed by atoms with Crippen molar-refractivity contribution in [2.45, 2.75) is 39.7 Å². The molecule has 6 rings (SSSR count). The summed E-state index contributed by atoms with van der Waals surface area (Å²) in [7, 11) is 0. The number of aryl methyl sites for hydroxylation is 1. The molecule has 28 heavy (non-hydrogen) atoms. The van der Waals surface area contributed by atoms with Crippen LogP contribution in [0.15, 0.2) is 60.8 Å². The maximum atomic E-state index is 2.49. The van der Waals surface area contributed by atoms with Crippen molar-refractivity contribution in [1.29, 1.82) is 0 Å². The molecule has 0 saturated heterocycles. The van der Waals surface area contributed by atoms with Gasteiger partial charge in [-0.2, -0.15) is 4.57 Å². The molecular formula is C27H24N+. The Bertz CT molecular complexity index is 1310. The molecule has 1 aliphatic heterocycles. The predicted octanol–water partition coefficient (Wildman–Crippen LogP) is 6.80. The molecule has 136 valence electrons. The second kappa shape index (κ2) is 5.32. The van der Waals surface area contributed by atoms with Gasteiger partial charge in [-0.1, -0.05) is 55.8 Å². The van der Waals surface area contributed by atoms with Crippen LogP contribution in [0.4, 0.5) is 0 Å². The van der Waals surface area contributed by atoms with Crippen LogP contribution in [-0.2, 0) is 0 Å². The number of fused-ring (bicyclic) bond motifs is 3. The quantitative estimate of drug-likeness (QED) is 0.289. The Labute approximate surface area is 166 Å². The Kier molecular flexibility index (Phi) is 3.05. The molecule has 2 aliphatic rings. The first kappa shape index (κ1) is 16.1. The largest absolute Gasteiger partial charge is 0.222 e. The second-order valence-corrected chi connectivity index (χ2v) is 8.75. The summed E-state index contributed by atoms with van der Waals surface area (Å²) < 4.78 is 2.49. The molecular weight excluding hydrogens is 338 g/mol. The molecule has 0 amide bonds. The Morgan fingerprint density at radius 1 is 0.857 bits per heavy atom. The number of rotatable bonds is 1. The van der Waals surface area contributed by atoms with Crippen LogP contribution in [0.2, 0.25) is 0 Å². The summed E-state index contributed by atoms with van der Waals surface area (Å²) in [5, 5.41) is 2.73. The van der Waals surface area contributed by atoms with Crippen molar-refractivity contribution in [3.63, 3.8) is 0 Å². The van der Waals surface area contributed by atoms with Gasteiger partial charge in [0.1, 0.15) is 0 Å². The summed E-state index contributed by atoms with van der Waals surface area (Å²) in [6.45, 7) is 9.15. The highest BCUT2D eigenvalue weighted by Crippen LogP contribution is 2.51. The Balaban J connectivity index is 1.91. The van der Waals surface area contributed by atoms with Gasteiger partial charge in [0.2, 0.25) is 5.69 Å². The maximum Gasteiger partial charge on any atom is 0.222 e. The molecule has 1 aromatic heterocycles. The predicted molar refractivity (Wildman–Crippen MR) is 117 cm³/mol. The van der Waals surface area contributed by atoms with Crippen LogP contribution in [-0.4, -0.2) is 0 Å². The van der Waals surface area contributed by atoms with E-state index >= 15 is 0 Å². The fourth-order valence-corrected chi connectivity index (χ4v) is 5.23. The van der Waals surface area contributed by atoms with Crippen molar-refractivity contribution in [2.24, 2.45) is 0 Å². The number of nitrogens with zero attached hydrogens (tertiary/aromatic N) is 1. The number of benzene rings is 3. The van der Waals surface area contributed by atoms with Crippen LogP contribution >= 0.6 is 0 Å². The van der Waals surface area contributed by atoms with Gasteiger partial charge in [0, 0.05) is 18.6 Å². The Morgan fingerprint density at radius 3 is 2.54 bits per heavy atom. The molecule has 0 bridgehead atoms.